The highest BCUT2D eigenvalue weighted by atomic mass is 32.2. The quantitative estimate of drug-likeness (QED) is 0.315. The number of carbonyl (C=O) groups is 1. The van der Waals surface area contributed by atoms with Crippen molar-refractivity contribution in [3.05, 3.63) is 99.1 Å². The molecule has 7 heteroatoms. The number of halogens is 1. The number of fused-ring (bicyclic) bond motifs is 1. The van der Waals surface area contributed by atoms with E-state index in [1.165, 1.54) is 28.5 Å². The topological polar surface area (TPSA) is 64.0 Å². The average Bonchev–Trinajstić information content (AvgIpc) is 2.78. The van der Waals surface area contributed by atoms with Gasteiger partial charge < -0.3 is 5.32 Å². The number of aromatic nitrogens is 2. The lowest BCUT2D eigenvalue weighted by Crippen LogP contribution is -2.25. The molecule has 168 valence electrons. The molecule has 33 heavy (non-hydrogen) atoms. The molecule has 0 aliphatic heterocycles. The van der Waals surface area contributed by atoms with Gasteiger partial charge in [0.05, 0.1) is 23.2 Å². The third-order valence-corrected chi connectivity index (χ3v) is 6.33. The molecule has 5 nitrogen and oxygen atoms in total. The second-order valence-corrected chi connectivity index (χ2v) is 8.98. The monoisotopic (exact) mass is 461 g/mol. The Morgan fingerprint density at radius 1 is 1.03 bits per heavy atom. The van der Waals surface area contributed by atoms with Gasteiger partial charge in [0.2, 0.25) is 5.91 Å². The maximum atomic E-state index is 13.3. The van der Waals surface area contributed by atoms with Crippen LogP contribution in [0.3, 0.4) is 0 Å². The molecular weight excluding hydrogens is 437 g/mol. The van der Waals surface area contributed by atoms with Crippen molar-refractivity contribution in [2.75, 3.05) is 11.1 Å². The molecule has 0 spiro atoms. The van der Waals surface area contributed by atoms with Crippen LogP contribution in [-0.2, 0) is 11.3 Å². The maximum absolute atomic E-state index is 13.3. The number of hydrogen-bond acceptors (Lipinski definition) is 4. The number of amides is 1. The van der Waals surface area contributed by atoms with E-state index >= 15 is 0 Å². The summed E-state index contributed by atoms with van der Waals surface area (Å²) in [7, 11) is 0. The number of carbonyl (C=O) groups excluding carboxylic acids is 1. The Labute approximate surface area is 195 Å². The first kappa shape index (κ1) is 22.7. The van der Waals surface area contributed by atoms with Crippen LogP contribution in [0.5, 0.6) is 0 Å². The number of para-hydroxylation sites is 1. The minimum absolute atomic E-state index is 0.0982. The van der Waals surface area contributed by atoms with Crippen molar-refractivity contribution < 1.29 is 9.18 Å². The van der Waals surface area contributed by atoms with Crippen LogP contribution in [0.25, 0.3) is 10.9 Å². The Kier molecular flexibility index (Phi) is 6.60. The molecule has 1 N–H and O–H groups in total. The van der Waals surface area contributed by atoms with Crippen molar-refractivity contribution in [1.29, 1.82) is 0 Å². The zero-order valence-corrected chi connectivity index (χ0v) is 19.5. The summed E-state index contributed by atoms with van der Waals surface area (Å²) in [5.41, 5.74) is 5.10. The number of nitrogens with one attached hydrogen (secondary N) is 1. The summed E-state index contributed by atoms with van der Waals surface area (Å²) in [5, 5.41) is 3.93. The lowest BCUT2D eigenvalue weighted by atomic mass is 10.1. The fourth-order valence-electron chi connectivity index (χ4n) is 3.85. The summed E-state index contributed by atoms with van der Waals surface area (Å²) >= 11 is 1.21. The number of thioether (sulfide) groups is 1. The smallest absolute Gasteiger partial charge is 0.262 e. The van der Waals surface area contributed by atoms with Gasteiger partial charge in [-0.2, -0.15) is 0 Å². The highest BCUT2D eigenvalue weighted by Gasteiger charge is 2.15. The van der Waals surface area contributed by atoms with Crippen molar-refractivity contribution in [3.63, 3.8) is 0 Å². The maximum Gasteiger partial charge on any atom is 0.262 e. The lowest BCUT2D eigenvalue weighted by Gasteiger charge is -2.15. The van der Waals surface area contributed by atoms with Crippen molar-refractivity contribution in [3.8, 4) is 0 Å². The third-order valence-electron chi connectivity index (χ3n) is 5.35. The van der Waals surface area contributed by atoms with Gasteiger partial charge in [0, 0.05) is 5.69 Å². The molecule has 1 amide bonds. The van der Waals surface area contributed by atoms with Gasteiger partial charge in [-0.05, 0) is 61.7 Å². The van der Waals surface area contributed by atoms with Gasteiger partial charge in [0.15, 0.2) is 5.16 Å². The van der Waals surface area contributed by atoms with Gasteiger partial charge in [0.1, 0.15) is 5.82 Å². The molecule has 0 bridgehead atoms. The van der Waals surface area contributed by atoms with Crippen LogP contribution in [-0.4, -0.2) is 21.2 Å². The summed E-state index contributed by atoms with van der Waals surface area (Å²) < 4.78 is 14.9. The molecule has 0 saturated carbocycles. The lowest BCUT2D eigenvalue weighted by molar-refractivity contribution is -0.113. The number of rotatable bonds is 6. The summed E-state index contributed by atoms with van der Waals surface area (Å²) in [4.78, 5) is 30.6. The Bertz CT molecular complexity index is 1370. The van der Waals surface area contributed by atoms with E-state index in [-0.39, 0.29) is 29.6 Å². The molecule has 0 saturated heterocycles. The largest absolute Gasteiger partial charge is 0.325 e. The first-order valence-corrected chi connectivity index (χ1v) is 11.5. The Balaban J connectivity index is 1.61. The van der Waals surface area contributed by atoms with Gasteiger partial charge in [0.25, 0.3) is 5.56 Å². The molecule has 0 fully saturated rings. The van der Waals surface area contributed by atoms with Gasteiger partial charge in [-0.25, -0.2) is 9.37 Å². The van der Waals surface area contributed by atoms with Crippen molar-refractivity contribution in [2.24, 2.45) is 0 Å². The van der Waals surface area contributed by atoms with Crippen LogP contribution < -0.4 is 10.9 Å². The van der Waals surface area contributed by atoms with Crippen LogP contribution in [0.4, 0.5) is 10.1 Å². The molecule has 1 aromatic heterocycles. The number of nitrogens with zero attached hydrogens (tertiary/aromatic N) is 2. The molecule has 3 aromatic carbocycles. The normalized spacial score (nSPS) is 11.0. The fraction of sp³-hybridized carbons (Fsp3) is 0.192. The molecule has 0 aliphatic rings. The van der Waals surface area contributed by atoms with E-state index in [2.05, 4.69) is 10.3 Å². The van der Waals surface area contributed by atoms with E-state index in [0.29, 0.717) is 16.1 Å². The Morgan fingerprint density at radius 2 is 1.70 bits per heavy atom. The van der Waals surface area contributed by atoms with Crippen LogP contribution in [0, 0.1) is 26.6 Å². The number of aryl methyl sites for hydroxylation is 3. The summed E-state index contributed by atoms with van der Waals surface area (Å²) in [6.07, 6.45) is 0. The summed E-state index contributed by atoms with van der Waals surface area (Å²) in [6.45, 7) is 6.19. The van der Waals surface area contributed by atoms with E-state index in [0.717, 1.165) is 27.9 Å². The van der Waals surface area contributed by atoms with Crippen LogP contribution in [0.2, 0.25) is 0 Å². The fourth-order valence-corrected chi connectivity index (χ4v) is 4.65. The SMILES string of the molecule is Cc1cc(C)c(NC(=O)CSc2nc3ccccc3c(=O)n2Cc2ccc(F)cc2)c(C)c1. The van der Waals surface area contributed by atoms with Gasteiger partial charge in [-0.1, -0.05) is 53.7 Å². The van der Waals surface area contributed by atoms with Gasteiger partial charge >= 0.3 is 0 Å². The zero-order chi connectivity index (χ0) is 23.5. The predicted molar refractivity (Wildman–Crippen MR) is 132 cm³/mol. The highest BCUT2D eigenvalue weighted by molar-refractivity contribution is 7.99. The Morgan fingerprint density at radius 3 is 2.39 bits per heavy atom. The molecular formula is C26H24FN3O2S. The Hall–Kier alpha value is -3.45. The van der Waals surface area contributed by atoms with E-state index < -0.39 is 0 Å². The minimum Gasteiger partial charge on any atom is -0.325 e. The number of hydrogen-bond donors (Lipinski definition) is 1. The molecule has 0 aliphatic carbocycles. The second kappa shape index (κ2) is 9.58. The first-order valence-electron chi connectivity index (χ1n) is 10.6. The number of anilines is 1. The third kappa shape index (κ3) is 5.14. The van der Waals surface area contributed by atoms with Crippen LogP contribution in [0.15, 0.2) is 70.6 Å². The zero-order valence-electron chi connectivity index (χ0n) is 18.7. The minimum atomic E-state index is -0.337. The molecule has 0 atom stereocenters. The predicted octanol–water partition coefficient (Wildman–Crippen LogP) is 5.24. The summed E-state index contributed by atoms with van der Waals surface area (Å²) in [5.74, 6) is -0.414. The van der Waals surface area contributed by atoms with Crippen molar-refractivity contribution >= 4 is 34.3 Å². The molecule has 0 unspecified atom stereocenters. The first-order chi connectivity index (χ1) is 15.8. The van der Waals surface area contributed by atoms with Crippen LogP contribution in [0.1, 0.15) is 22.3 Å². The van der Waals surface area contributed by atoms with Crippen molar-refractivity contribution in [1.82, 2.24) is 9.55 Å². The standard InChI is InChI=1S/C26H24FN3O2S/c1-16-12-17(2)24(18(3)13-16)29-23(31)15-33-26-28-22-7-5-4-6-21(22)25(32)30(26)14-19-8-10-20(27)11-9-19/h4-13H,14-15H2,1-3H3,(H,29,31). The van der Waals surface area contributed by atoms with E-state index in [9.17, 15) is 14.0 Å². The van der Waals surface area contributed by atoms with Gasteiger partial charge in [-0.3, -0.25) is 14.2 Å². The second-order valence-electron chi connectivity index (χ2n) is 8.04. The molecule has 0 radical (unpaired) electrons. The summed E-state index contributed by atoms with van der Waals surface area (Å²) in [6, 6.07) is 17.2. The molecule has 4 rings (SSSR count). The van der Waals surface area contributed by atoms with Gasteiger partial charge in [-0.15, -0.1) is 0 Å². The molecule has 4 aromatic rings. The molecule has 1 heterocycles. The average molecular weight is 462 g/mol. The van der Waals surface area contributed by atoms with Crippen molar-refractivity contribution in [2.45, 2.75) is 32.5 Å². The van der Waals surface area contributed by atoms with E-state index in [1.54, 1.807) is 30.3 Å². The van der Waals surface area contributed by atoms with E-state index in [4.69, 9.17) is 0 Å². The number of benzene rings is 3. The van der Waals surface area contributed by atoms with Crippen LogP contribution >= 0.6 is 11.8 Å². The van der Waals surface area contributed by atoms with E-state index in [1.807, 2.05) is 39.0 Å². The highest BCUT2D eigenvalue weighted by Crippen LogP contribution is 2.24.